The highest BCUT2D eigenvalue weighted by Crippen LogP contribution is 2.43. The highest BCUT2D eigenvalue weighted by atomic mass is 16.6. The van der Waals surface area contributed by atoms with Gasteiger partial charge in [0.1, 0.15) is 12.0 Å². The maximum atomic E-state index is 12.7. The zero-order valence-corrected chi connectivity index (χ0v) is 14.3. The smallest absolute Gasteiger partial charge is 0.338 e. The average molecular weight is 339 g/mol. The molecule has 0 spiro atoms. The number of nitrogens with zero attached hydrogens (tertiary/aromatic N) is 1. The lowest BCUT2D eigenvalue weighted by molar-refractivity contribution is -0.150. The Hall–Kier alpha value is -2.40. The van der Waals surface area contributed by atoms with E-state index in [2.05, 4.69) is 4.90 Å². The molecule has 5 nitrogen and oxygen atoms in total. The molecule has 2 aromatic carbocycles. The van der Waals surface area contributed by atoms with Gasteiger partial charge in [0.25, 0.3) is 0 Å². The fourth-order valence-corrected chi connectivity index (χ4v) is 4.37. The van der Waals surface area contributed by atoms with E-state index in [1.54, 1.807) is 6.07 Å². The molecule has 5 heteroatoms. The first kappa shape index (κ1) is 16.1. The van der Waals surface area contributed by atoms with Crippen LogP contribution in [0.15, 0.2) is 42.5 Å². The van der Waals surface area contributed by atoms with Crippen LogP contribution in [0.1, 0.15) is 23.2 Å². The second-order valence-corrected chi connectivity index (χ2v) is 6.86. The minimum Gasteiger partial charge on any atom is -0.469 e. The lowest BCUT2D eigenvalue weighted by Crippen LogP contribution is -2.41. The van der Waals surface area contributed by atoms with E-state index in [0.29, 0.717) is 5.56 Å². The number of rotatable bonds is 3. The van der Waals surface area contributed by atoms with Crippen LogP contribution in [0.2, 0.25) is 0 Å². The molecule has 2 saturated heterocycles. The molecule has 4 rings (SSSR count). The van der Waals surface area contributed by atoms with Crippen molar-refractivity contribution >= 4 is 22.7 Å². The summed E-state index contributed by atoms with van der Waals surface area (Å²) in [6.45, 7) is 0. The van der Waals surface area contributed by atoms with Gasteiger partial charge in [-0.1, -0.05) is 30.3 Å². The summed E-state index contributed by atoms with van der Waals surface area (Å²) in [6.07, 6.45) is 1.42. The summed E-state index contributed by atoms with van der Waals surface area (Å²) in [4.78, 5) is 27.1. The molecule has 4 atom stereocenters. The van der Waals surface area contributed by atoms with Crippen molar-refractivity contribution < 1.29 is 19.1 Å². The van der Waals surface area contributed by atoms with E-state index in [0.717, 1.165) is 23.6 Å². The number of hydrogen-bond donors (Lipinski definition) is 0. The number of esters is 2. The van der Waals surface area contributed by atoms with Crippen molar-refractivity contribution in [3.8, 4) is 0 Å². The minimum atomic E-state index is -0.449. The first-order valence-electron chi connectivity index (χ1n) is 8.59. The van der Waals surface area contributed by atoms with Gasteiger partial charge in [-0.15, -0.1) is 0 Å². The highest BCUT2D eigenvalue weighted by Gasteiger charge is 2.57. The molecule has 0 aromatic heterocycles. The summed E-state index contributed by atoms with van der Waals surface area (Å²) in [5.41, 5.74) is 0.507. The van der Waals surface area contributed by atoms with Crippen molar-refractivity contribution in [2.24, 2.45) is 5.92 Å². The van der Waals surface area contributed by atoms with E-state index in [1.165, 1.54) is 7.11 Å². The molecule has 0 N–H and O–H groups in total. The van der Waals surface area contributed by atoms with Gasteiger partial charge in [0.05, 0.1) is 12.7 Å². The van der Waals surface area contributed by atoms with Crippen LogP contribution in [0.5, 0.6) is 0 Å². The van der Waals surface area contributed by atoms with E-state index in [-0.39, 0.29) is 24.0 Å². The molecule has 2 fully saturated rings. The Bertz CT molecular complexity index is 833. The number of fused-ring (bicyclic) bond motifs is 3. The third-order valence-electron chi connectivity index (χ3n) is 5.65. The van der Waals surface area contributed by atoms with E-state index in [4.69, 9.17) is 9.47 Å². The highest BCUT2D eigenvalue weighted by molar-refractivity contribution is 5.95. The summed E-state index contributed by atoms with van der Waals surface area (Å²) < 4.78 is 10.8. The SMILES string of the molecule is COC(=O)[C@H]1[C@H](OC(=O)c2ccc3ccccc3c2)[C@@H]2CC[C@H]1N2C. The van der Waals surface area contributed by atoms with Gasteiger partial charge in [0, 0.05) is 12.1 Å². The largest absolute Gasteiger partial charge is 0.469 e. The van der Waals surface area contributed by atoms with Crippen LogP contribution < -0.4 is 0 Å². The second-order valence-electron chi connectivity index (χ2n) is 6.86. The van der Waals surface area contributed by atoms with Crippen molar-refractivity contribution in [1.82, 2.24) is 4.90 Å². The Morgan fingerprint density at radius 3 is 2.52 bits per heavy atom. The van der Waals surface area contributed by atoms with Crippen molar-refractivity contribution in [1.29, 1.82) is 0 Å². The number of likely N-dealkylation sites (N-methyl/N-ethyl adjacent to an activating group) is 1. The van der Waals surface area contributed by atoms with E-state index in [9.17, 15) is 9.59 Å². The molecule has 2 aliphatic heterocycles. The molecule has 2 heterocycles. The molecule has 0 amide bonds. The second kappa shape index (κ2) is 6.15. The molecule has 0 aliphatic carbocycles. The maximum Gasteiger partial charge on any atom is 0.338 e. The monoisotopic (exact) mass is 339 g/mol. The van der Waals surface area contributed by atoms with Gasteiger partial charge in [-0.25, -0.2) is 4.79 Å². The average Bonchev–Trinajstić information content (AvgIpc) is 3.13. The number of carbonyl (C=O) groups excluding carboxylic acids is 2. The van der Waals surface area contributed by atoms with Gasteiger partial charge < -0.3 is 9.47 Å². The predicted molar refractivity (Wildman–Crippen MR) is 93.2 cm³/mol. The molecule has 2 aromatic rings. The summed E-state index contributed by atoms with van der Waals surface area (Å²) in [7, 11) is 3.37. The molecule has 0 unspecified atom stereocenters. The number of benzene rings is 2. The zero-order chi connectivity index (χ0) is 17.6. The van der Waals surface area contributed by atoms with Crippen LogP contribution in [-0.2, 0) is 14.3 Å². The standard InChI is InChI=1S/C20H21NO4/c1-21-15-9-10-16(21)18(17(15)20(23)24-2)25-19(22)14-8-7-12-5-3-4-6-13(12)11-14/h3-8,11,15-18H,9-10H2,1-2H3/t15-,16+,17-,18-/m1/s1. The van der Waals surface area contributed by atoms with Crippen LogP contribution in [0.4, 0.5) is 0 Å². The fraction of sp³-hybridized carbons (Fsp3) is 0.400. The quantitative estimate of drug-likeness (QED) is 0.805. The lowest BCUT2D eigenvalue weighted by atomic mass is 9.86. The van der Waals surface area contributed by atoms with Gasteiger partial charge in [0.2, 0.25) is 0 Å². The summed E-state index contributed by atoms with van der Waals surface area (Å²) >= 11 is 0. The van der Waals surface area contributed by atoms with Gasteiger partial charge in [-0.2, -0.15) is 0 Å². The maximum absolute atomic E-state index is 12.7. The van der Waals surface area contributed by atoms with Crippen molar-refractivity contribution in [2.45, 2.75) is 31.0 Å². The van der Waals surface area contributed by atoms with Crippen LogP contribution in [-0.4, -0.2) is 49.2 Å². The third-order valence-corrected chi connectivity index (χ3v) is 5.65. The Morgan fingerprint density at radius 2 is 1.76 bits per heavy atom. The number of methoxy groups -OCH3 is 1. The third kappa shape index (κ3) is 2.59. The Kier molecular flexibility index (Phi) is 3.96. The topological polar surface area (TPSA) is 55.8 Å². The Labute approximate surface area is 146 Å². The fourth-order valence-electron chi connectivity index (χ4n) is 4.37. The van der Waals surface area contributed by atoms with Gasteiger partial charge in [-0.05, 0) is 42.8 Å². The summed E-state index contributed by atoms with van der Waals surface area (Å²) in [6, 6.07) is 13.6. The van der Waals surface area contributed by atoms with Crippen LogP contribution in [0.25, 0.3) is 10.8 Å². The van der Waals surface area contributed by atoms with E-state index >= 15 is 0 Å². The molecular formula is C20H21NO4. The summed E-state index contributed by atoms with van der Waals surface area (Å²) in [5.74, 6) is -1.08. The predicted octanol–water partition coefficient (Wildman–Crippen LogP) is 2.63. The van der Waals surface area contributed by atoms with Crippen molar-refractivity contribution in [3.05, 3.63) is 48.0 Å². The van der Waals surface area contributed by atoms with Crippen LogP contribution in [0, 0.1) is 5.92 Å². The number of carbonyl (C=O) groups is 2. The Balaban J connectivity index is 1.59. The minimum absolute atomic E-state index is 0.0820. The molecule has 0 saturated carbocycles. The Morgan fingerprint density at radius 1 is 1.04 bits per heavy atom. The molecule has 25 heavy (non-hydrogen) atoms. The molecule has 2 bridgehead atoms. The summed E-state index contributed by atoms with van der Waals surface area (Å²) in [5, 5.41) is 2.07. The zero-order valence-electron chi connectivity index (χ0n) is 14.3. The number of ether oxygens (including phenoxy) is 2. The van der Waals surface area contributed by atoms with Crippen LogP contribution in [0.3, 0.4) is 0 Å². The number of hydrogen-bond acceptors (Lipinski definition) is 5. The molecule has 0 radical (unpaired) electrons. The normalized spacial score (nSPS) is 28.2. The molecule has 130 valence electrons. The first-order valence-corrected chi connectivity index (χ1v) is 8.59. The lowest BCUT2D eigenvalue weighted by Gasteiger charge is -2.27. The van der Waals surface area contributed by atoms with Crippen LogP contribution >= 0.6 is 0 Å². The van der Waals surface area contributed by atoms with Gasteiger partial charge in [0.15, 0.2) is 0 Å². The molecule has 2 aliphatic rings. The van der Waals surface area contributed by atoms with Gasteiger partial charge in [-0.3, -0.25) is 9.69 Å². The van der Waals surface area contributed by atoms with Crippen molar-refractivity contribution in [2.75, 3.05) is 14.2 Å². The van der Waals surface area contributed by atoms with Gasteiger partial charge >= 0.3 is 11.9 Å². The van der Waals surface area contributed by atoms with E-state index in [1.807, 2.05) is 43.4 Å². The van der Waals surface area contributed by atoms with Crippen molar-refractivity contribution in [3.63, 3.8) is 0 Å². The molecular weight excluding hydrogens is 318 g/mol. The van der Waals surface area contributed by atoms with E-state index < -0.39 is 12.0 Å². The first-order chi connectivity index (χ1) is 12.1.